The van der Waals surface area contributed by atoms with Gasteiger partial charge in [-0.3, -0.25) is 9.69 Å². The number of benzene rings is 2. The first-order chi connectivity index (χ1) is 14.4. The summed E-state index contributed by atoms with van der Waals surface area (Å²) < 4.78 is 61.7. The van der Waals surface area contributed by atoms with Gasteiger partial charge < -0.3 is 5.32 Å². The lowest BCUT2D eigenvalue weighted by Crippen LogP contribution is -2.32. The van der Waals surface area contributed by atoms with E-state index in [1.807, 2.05) is 6.92 Å². The summed E-state index contributed by atoms with van der Waals surface area (Å²) in [5, 5.41) is 7.74. The standard InChI is InChI=1S/C21H24F3N3O3S/c1-14(15-3-2-4-16(13-15)21(22,23)24)27(18-7-8-18)12-11-20(28)26-17-5-9-19(10-6-17)31(25,29)30/h2-6,9-10,13-14,18H,7-8,11-12H2,1H3,(H,26,28)(H2,25,29,30). The molecule has 0 saturated heterocycles. The number of carbonyl (C=O) groups is 1. The van der Waals surface area contributed by atoms with Gasteiger partial charge in [-0.15, -0.1) is 0 Å². The number of amides is 1. The van der Waals surface area contributed by atoms with Gasteiger partial charge in [-0.1, -0.05) is 12.1 Å². The molecule has 0 heterocycles. The van der Waals surface area contributed by atoms with E-state index in [1.165, 1.54) is 30.3 Å². The highest BCUT2D eigenvalue weighted by Crippen LogP contribution is 2.36. The van der Waals surface area contributed by atoms with Crippen LogP contribution in [0.5, 0.6) is 0 Å². The molecule has 1 unspecified atom stereocenters. The fourth-order valence-corrected chi connectivity index (χ4v) is 3.96. The molecular weight excluding hydrogens is 431 g/mol. The zero-order valence-corrected chi connectivity index (χ0v) is 17.7. The Hall–Kier alpha value is -2.43. The van der Waals surface area contributed by atoms with Crippen molar-refractivity contribution < 1.29 is 26.4 Å². The summed E-state index contributed by atoms with van der Waals surface area (Å²) in [6, 6.07) is 10.7. The van der Waals surface area contributed by atoms with Crippen LogP contribution in [-0.2, 0) is 21.0 Å². The molecule has 1 aliphatic rings. The Bertz CT molecular complexity index is 1040. The molecule has 0 aliphatic heterocycles. The van der Waals surface area contributed by atoms with E-state index in [1.54, 1.807) is 6.07 Å². The Kier molecular flexibility index (Phi) is 6.73. The molecule has 1 amide bonds. The van der Waals surface area contributed by atoms with E-state index in [4.69, 9.17) is 5.14 Å². The van der Waals surface area contributed by atoms with Crippen LogP contribution in [0.15, 0.2) is 53.4 Å². The highest BCUT2D eigenvalue weighted by atomic mass is 32.2. The van der Waals surface area contributed by atoms with Gasteiger partial charge in [0.1, 0.15) is 0 Å². The van der Waals surface area contributed by atoms with Gasteiger partial charge in [0, 0.05) is 30.7 Å². The van der Waals surface area contributed by atoms with Crippen LogP contribution in [0.2, 0.25) is 0 Å². The van der Waals surface area contributed by atoms with Gasteiger partial charge in [0.15, 0.2) is 0 Å². The molecule has 1 atom stereocenters. The number of hydrogen-bond acceptors (Lipinski definition) is 4. The van der Waals surface area contributed by atoms with Crippen LogP contribution >= 0.6 is 0 Å². The van der Waals surface area contributed by atoms with E-state index in [-0.39, 0.29) is 29.3 Å². The molecule has 2 aromatic rings. The molecule has 31 heavy (non-hydrogen) atoms. The van der Waals surface area contributed by atoms with Gasteiger partial charge in [-0.25, -0.2) is 13.6 Å². The number of carbonyl (C=O) groups excluding carboxylic acids is 1. The number of nitrogens with two attached hydrogens (primary N) is 1. The number of hydrogen-bond donors (Lipinski definition) is 2. The number of primary sulfonamides is 1. The molecule has 1 fully saturated rings. The first kappa shape index (κ1) is 23.2. The Balaban J connectivity index is 1.62. The lowest BCUT2D eigenvalue weighted by atomic mass is 10.0. The van der Waals surface area contributed by atoms with E-state index in [9.17, 15) is 26.4 Å². The molecule has 1 aliphatic carbocycles. The summed E-state index contributed by atoms with van der Waals surface area (Å²) in [5.41, 5.74) is 0.301. The monoisotopic (exact) mass is 455 g/mol. The summed E-state index contributed by atoms with van der Waals surface area (Å²) in [4.78, 5) is 14.4. The normalized spacial score (nSPS) is 15.7. The minimum atomic E-state index is -4.40. The lowest BCUT2D eigenvalue weighted by molar-refractivity contribution is -0.137. The van der Waals surface area contributed by atoms with Crippen molar-refractivity contribution in [3.63, 3.8) is 0 Å². The molecule has 0 radical (unpaired) electrons. The third-order valence-electron chi connectivity index (χ3n) is 5.27. The summed E-state index contributed by atoms with van der Waals surface area (Å²) >= 11 is 0. The van der Waals surface area contributed by atoms with Gasteiger partial charge in [0.2, 0.25) is 15.9 Å². The summed E-state index contributed by atoms with van der Waals surface area (Å²) in [6.07, 6.45) is -2.37. The highest BCUT2D eigenvalue weighted by Gasteiger charge is 2.35. The third-order valence-corrected chi connectivity index (χ3v) is 6.20. The molecule has 3 rings (SSSR count). The van der Waals surface area contributed by atoms with Crippen molar-refractivity contribution >= 4 is 21.6 Å². The number of alkyl halides is 3. The second-order valence-electron chi connectivity index (χ2n) is 7.64. The van der Waals surface area contributed by atoms with Crippen molar-refractivity contribution in [2.24, 2.45) is 5.14 Å². The second-order valence-corrected chi connectivity index (χ2v) is 9.20. The quantitative estimate of drug-likeness (QED) is 0.631. The predicted octanol–water partition coefficient (Wildman–Crippen LogP) is 3.91. The average molecular weight is 456 g/mol. The first-order valence-electron chi connectivity index (χ1n) is 9.81. The largest absolute Gasteiger partial charge is 0.416 e. The van der Waals surface area contributed by atoms with Crippen molar-refractivity contribution in [1.82, 2.24) is 4.90 Å². The second kappa shape index (κ2) is 8.97. The summed E-state index contributed by atoms with van der Waals surface area (Å²) in [7, 11) is -3.81. The maximum absolute atomic E-state index is 13.0. The zero-order valence-electron chi connectivity index (χ0n) is 16.9. The van der Waals surface area contributed by atoms with Crippen LogP contribution in [0.3, 0.4) is 0 Å². The molecule has 1 saturated carbocycles. The average Bonchev–Trinajstić information content (AvgIpc) is 3.52. The smallest absolute Gasteiger partial charge is 0.326 e. The number of anilines is 1. The van der Waals surface area contributed by atoms with E-state index < -0.39 is 21.8 Å². The fraction of sp³-hybridized carbons (Fsp3) is 0.381. The predicted molar refractivity (Wildman–Crippen MR) is 111 cm³/mol. The van der Waals surface area contributed by atoms with Crippen molar-refractivity contribution in [1.29, 1.82) is 0 Å². The summed E-state index contributed by atoms with van der Waals surface area (Å²) in [6.45, 7) is 2.24. The molecule has 3 N–H and O–H groups in total. The molecule has 10 heteroatoms. The Morgan fingerprint density at radius 2 is 1.84 bits per heavy atom. The number of sulfonamides is 1. The van der Waals surface area contributed by atoms with Crippen molar-refractivity contribution in [2.75, 3.05) is 11.9 Å². The van der Waals surface area contributed by atoms with Crippen LogP contribution in [0.25, 0.3) is 0 Å². The molecular formula is C21H24F3N3O3S. The van der Waals surface area contributed by atoms with Gasteiger partial charge in [-0.2, -0.15) is 13.2 Å². The number of nitrogens with one attached hydrogen (secondary N) is 1. The fourth-order valence-electron chi connectivity index (χ4n) is 3.45. The zero-order chi connectivity index (χ0) is 22.8. The van der Waals surface area contributed by atoms with Gasteiger partial charge in [0.25, 0.3) is 0 Å². The van der Waals surface area contributed by atoms with Crippen LogP contribution in [0.4, 0.5) is 18.9 Å². The number of halogens is 3. The minimum absolute atomic E-state index is 0.0553. The topological polar surface area (TPSA) is 92.5 Å². The molecule has 2 aromatic carbocycles. The van der Waals surface area contributed by atoms with Crippen LogP contribution < -0.4 is 10.5 Å². The number of nitrogens with zero attached hydrogens (tertiary/aromatic N) is 1. The van der Waals surface area contributed by atoms with Gasteiger partial charge in [-0.05, 0) is 61.7 Å². The van der Waals surface area contributed by atoms with E-state index >= 15 is 0 Å². The van der Waals surface area contributed by atoms with E-state index in [0.29, 0.717) is 17.8 Å². The van der Waals surface area contributed by atoms with Crippen molar-refractivity contribution in [3.05, 3.63) is 59.7 Å². The van der Waals surface area contributed by atoms with E-state index in [0.717, 1.165) is 25.0 Å². The van der Waals surface area contributed by atoms with Crippen molar-refractivity contribution in [3.8, 4) is 0 Å². The Labute approximate surface area is 179 Å². The molecule has 0 bridgehead atoms. The van der Waals surface area contributed by atoms with Crippen LogP contribution in [-0.4, -0.2) is 31.8 Å². The van der Waals surface area contributed by atoms with Crippen molar-refractivity contribution in [2.45, 2.75) is 49.3 Å². The lowest BCUT2D eigenvalue weighted by Gasteiger charge is -2.29. The van der Waals surface area contributed by atoms with Crippen LogP contribution in [0, 0.1) is 0 Å². The minimum Gasteiger partial charge on any atom is -0.326 e. The first-order valence-corrected chi connectivity index (χ1v) is 11.4. The molecule has 0 spiro atoms. The Morgan fingerprint density at radius 3 is 2.39 bits per heavy atom. The van der Waals surface area contributed by atoms with E-state index in [2.05, 4.69) is 10.2 Å². The highest BCUT2D eigenvalue weighted by molar-refractivity contribution is 7.89. The molecule has 168 valence electrons. The SMILES string of the molecule is CC(c1cccc(C(F)(F)F)c1)N(CCC(=O)Nc1ccc(S(N)(=O)=O)cc1)C1CC1. The third kappa shape index (κ3) is 6.28. The Morgan fingerprint density at radius 1 is 1.19 bits per heavy atom. The van der Waals surface area contributed by atoms with Crippen LogP contribution in [0.1, 0.15) is 43.4 Å². The maximum atomic E-state index is 13.0. The van der Waals surface area contributed by atoms with Gasteiger partial charge >= 0.3 is 6.18 Å². The molecule has 6 nitrogen and oxygen atoms in total. The summed E-state index contributed by atoms with van der Waals surface area (Å²) in [5.74, 6) is -0.273. The number of rotatable bonds is 8. The van der Waals surface area contributed by atoms with Gasteiger partial charge in [0.05, 0.1) is 10.5 Å². The molecule has 0 aromatic heterocycles. The maximum Gasteiger partial charge on any atom is 0.416 e.